The van der Waals surface area contributed by atoms with Gasteiger partial charge < -0.3 is 9.63 Å². The second-order valence-corrected chi connectivity index (χ2v) is 4.58. The number of hydrogen-bond donors (Lipinski definition) is 1. The van der Waals surface area contributed by atoms with Gasteiger partial charge >= 0.3 is 0 Å². The lowest BCUT2D eigenvalue weighted by molar-refractivity contribution is 0.122. The van der Waals surface area contributed by atoms with Crippen LogP contribution in [0.4, 0.5) is 0 Å². The van der Waals surface area contributed by atoms with Gasteiger partial charge in [0.2, 0.25) is 5.89 Å². The highest BCUT2D eigenvalue weighted by Gasteiger charge is 2.13. The van der Waals surface area contributed by atoms with Gasteiger partial charge in [-0.3, -0.25) is 4.90 Å². The van der Waals surface area contributed by atoms with Crippen molar-refractivity contribution >= 4 is 0 Å². The van der Waals surface area contributed by atoms with E-state index in [0.29, 0.717) is 24.8 Å². The minimum atomic E-state index is -0.510. The zero-order valence-electron chi connectivity index (χ0n) is 11.3. The number of aliphatic hydroxyl groups excluding tert-OH is 1. The molecule has 0 bridgehead atoms. The highest BCUT2D eigenvalue weighted by Crippen LogP contribution is 2.13. The number of hydrogen-bond acceptors (Lipinski definition) is 5. The van der Waals surface area contributed by atoms with Crippen molar-refractivity contribution < 1.29 is 9.63 Å². The van der Waals surface area contributed by atoms with E-state index < -0.39 is 6.10 Å². The molecule has 1 aromatic heterocycles. The summed E-state index contributed by atoms with van der Waals surface area (Å²) in [5.74, 6) is 1.30. The number of likely N-dealkylation sites (N-methyl/N-ethyl adjacent to an activating group) is 1. The van der Waals surface area contributed by atoms with Gasteiger partial charge in [-0.15, -0.1) is 0 Å². The molecule has 1 aromatic carbocycles. The fourth-order valence-corrected chi connectivity index (χ4v) is 1.88. The molecule has 0 saturated carbocycles. The van der Waals surface area contributed by atoms with Gasteiger partial charge in [0.25, 0.3) is 0 Å². The van der Waals surface area contributed by atoms with Crippen LogP contribution in [-0.2, 0) is 13.0 Å². The van der Waals surface area contributed by atoms with E-state index in [1.54, 1.807) is 0 Å². The van der Waals surface area contributed by atoms with Crippen LogP contribution in [0.3, 0.4) is 0 Å². The first-order chi connectivity index (χ1) is 9.19. The first kappa shape index (κ1) is 13.7. The summed E-state index contributed by atoms with van der Waals surface area (Å²) in [6, 6.07) is 9.62. The molecule has 5 nitrogen and oxygen atoms in total. The highest BCUT2D eigenvalue weighted by molar-refractivity contribution is 5.17. The molecule has 2 aromatic rings. The smallest absolute Gasteiger partial charge is 0.226 e. The average Bonchev–Trinajstić information content (AvgIpc) is 2.87. The summed E-state index contributed by atoms with van der Waals surface area (Å²) in [7, 11) is 1.92. The molecule has 0 saturated heterocycles. The zero-order valence-corrected chi connectivity index (χ0v) is 11.3. The van der Waals surface area contributed by atoms with Crippen LogP contribution >= 0.6 is 0 Å². The lowest BCUT2D eigenvalue weighted by atomic mass is 10.1. The Labute approximate surface area is 112 Å². The number of aromatic nitrogens is 2. The van der Waals surface area contributed by atoms with Crippen molar-refractivity contribution in [2.24, 2.45) is 0 Å². The molecule has 0 aliphatic carbocycles. The summed E-state index contributed by atoms with van der Waals surface area (Å²) >= 11 is 0. The van der Waals surface area contributed by atoms with Crippen LogP contribution in [0.25, 0.3) is 0 Å². The van der Waals surface area contributed by atoms with Crippen LogP contribution in [0, 0.1) is 0 Å². The van der Waals surface area contributed by atoms with Crippen molar-refractivity contribution in [2.45, 2.75) is 26.0 Å². The van der Waals surface area contributed by atoms with Gasteiger partial charge in [-0.05, 0) is 12.6 Å². The fraction of sp³-hybridized carbons (Fsp3) is 0.429. The van der Waals surface area contributed by atoms with E-state index in [1.807, 2.05) is 49.2 Å². The topological polar surface area (TPSA) is 62.4 Å². The van der Waals surface area contributed by atoms with Crippen molar-refractivity contribution in [1.82, 2.24) is 15.0 Å². The van der Waals surface area contributed by atoms with Gasteiger partial charge in [0.15, 0.2) is 5.82 Å². The molecule has 1 N–H and O–H groups in total. The number of aryl methyl sites for hydroxylation is 1. The molecule has 5 heteroatoms. The van der Waals surface area contributed by atoms with E-state index in [9.17, 15) is 5.11 Å². The molecule has 1 heterocycles. The van der Waals surface area contributed by atoms with E-state index in [1.165, 1.54) is 0 Å². The lowest BCUT2D eigenvalue weighted by Crippen LogP contribution is -2.24. The van der Waals surface area contributed by atoms with Gasteiger partial charge in [0, 0.05) is 13.0 Å². The van der Waals surface area contributed by atoms with Gasteiger partial charge in [-0.1, -0.05) is 42.4 Å². The molecule has 0 fully saturated rings. The Hall–Kier alpha value is -1.72. The van der Waals surface area contributed by atoms with Crippen molar-refractivity contribution in [1.29, 1.82) is 0 Å². The molecular weight excluding hydrogens is 242 g/mol. The summed E-state index contributed by atoms with van der Waals surface area (Å²) in [5.41, 5.74) is 0.914. The van der Waals surface area contributed by atoms with Gasteiger partial charge in [0.1, 0.15) is 0 Å². The molecule has 1 unspecified atom stereocenters. The summed E-state index contributed by atoms with van der Waals surface area (Å²) in [6.07, 6.45) is 0.229. The Morgan fingerprint density at radius 1 is 1.32 bits per heavy atom. The molecule has 0 aliphatic heterocycles. The second-order valence-electron chi connectivity index (χ2n) is 4.58. The Morgan fingerprint density at radius 2 is 2.05 bits per heavy atom. The van der Waals surface area contributed by atoms with Crippen LogP contribution in [0.1, 0.15) is 30.3 Å². The minimum Gasteiger partial charge on any atom is -0.387 e. The SMILES string of the molecule is CCc1nc(CN(C)CC(O)c2ccccc2)no1. The normalized spacial score (nSPS) is 12.8. The second kappa shape index (κ2) is 6.45. The molecule has 0 spiro atoms. The lowest BCUT2D eigenvalue weighted by Gasteiger charge is -2.19. The summed E-state index contributed by atoms with van der Waals surface area (Å²) in [4.78, 5) is 6.22. The molecule has 102 valence electrons. The predicted octanol–water partition coefficient (Wildman–Crippen LogP) is 1.80. The molecule has 19 heavy (non-hydrogen) atoms. The Kier molecular flexibility index (Phi) is 4.65. The van der Waals surface area contributed by atoms with Crippen LogP contribution in [0.2, 0.25) is 0 Å². The molecule has 0 aliphatic rings. The van der Waals surface area contributed by atoms with Crippen LogP contribution in [-0.4, -0.2) is 33.7 Å². The summed E-state index contributed by atoms with van der Waals surface area (Å²) in [6.45, 7) is 3.06. The average molecular weight is 261 g/mol. The van der Waals surface area contributed by atoms with Crippen LogP contribution in [0.15, 0.2) is 34.9 Å². The van der Waals surface area contributed by atoms with E-state index in [2.05, 4.69) is 10.1 Å². The fourth-order valence-electron chi connectivity index (χ4n) is 1.88. The van der Waals surface area contributed by atoms with E-state index in [-0.39, 0.29) is 0 Å². The van der Waals surface area contributed by atoms with Crippen LogP contribution in [0.5, 0.6) is 0 Å². The minimum absolute atomic E-state index is 0.510. The zero-order chi connectivity index (χ0) is 13.7. The largest absolute Gasteiger partial charge is 0.387 e. The maximum absolute atomic E-state index is 10.1. The number of rotatable bonds is 6. The summed E-state index contributed by atoms with van der Waals surface area (Å²) in [5, 5.41) is 14.0. The summed E-state index contributed by atoms with van der Waals surface area (Å²) < 4.78 is 5.05. The van der Waals surface area contributed by atoms with E-state index in [0.717, 1.165) is 12.0 Å². The molecule has 0 radical (unpaired) electrons. The highest BCUT2D eigenvalue weighted by atomic mass is 16.5. The molecular formula is C14H19N3O2. The van der Waals surface area contributed by atoms with Crippen LogP contribution < -0.4 is 0 Å². The van der Waals surface area contributed by atoms with E-state index in [4.69, 9.17) is 4.52 Å². The third-order valence-electron chi connectivity index (χ3n) is 2.89. The number of benzene rings is 1. The third-order valence-corrected chi connectivity index (χ3v) is 2.89. The van der Waals surface area contributed by atoms with Crippen molar-refractivity contribution in [3.05, 3.63) is 47.6 Å². The number of aliphatic hydroxyl groups is 1. The van der Waals surface area contributed by atoms with Gasteiger partial charge in [0.05, 0.1) is 12.6 Å². The third kappa shape index (κ3) is 3.87. The maximum Gasteiger partial charge on any atom is 0.226 e. The number of nitrogens with zero attached hydrogens (tertiary/aromatic N) is 3. The maximum atomic E-state index is 10.1. The Bertz CT molecular complexity index is 498. The first-order valence-electron chi connectivity index (χ1n) is 6.42. The monoisotopic (exact) mass is 261 g/mol. The molecule has 0 amide bonds. The quantitative estimate of drug-likeness (QED) is 0.859. The molecule has 2 rings (SSSR count). The van der Waals surface area contributed by atoms with Crippen molar-refractivity contribution in [3.63, 3.8) is 0 Å². The van der Waals surface area contributed by atoms with Crippen molar-refractivity contribution in [3.8, 4) is 0 Å². The standard InChI is InChI=1S/C14H19N3O2/c1-3-14-15-13(16-19-14)10-17(2)9-12(18)11-7-5-4-6-8-11/h4-8,12,18H,3,9-10H2,1-2H3. The van der Waals surface area contributed by atoms with Gasteiger partial charge in [-0.25, -0.2) is 0 Å². The van der Waals surface area contributed by atoms with Gasteiger partial charge in [-0.2, -0.15) is 4.98 Å². The Morgan fingerprint density at radius 3 is 2.68 bits per heavy atom. The van der Waals surface area contributed by atoms with Crippen molar-refractivity contribution in [2.75, 3.05) is 13.6 Å². The van der Waals surface area contributed by atoms with E-state index >= 15 is 0 Å². The Balaban J connectivity index is 1.88. The molecule has 1 atom stereocenters. The first-order valence-corrected chi connectivity index (χ1v) is 6.42. The predicted molar refractivity (Wildman–Crippen MR) is 71.4 cm³/mol.